The summed E-state index contributed by atoms with van der Waals surface area (Å²) < 4.78 is 0. The van der Waals surface area contributed by atoms with E-state index in [1.165, 1.54) is 19.0 Å². The van der Waals surface area contributed by atoms with Crippen molar-refractivity contribution in [1.29, 1.82) is 0 Å². The lowest BCUT2D eigenvalue weighted by molar-refractivity contribution is 0.0953. The fraction of sp³-hybridized carbons (Fsp3) is 0.619. The molecule has 4 N–H and O–H groups in total. The van der Waals surface area contributed by atoms with Gasteiger partial charge in [0.1, 0.15) is 5.75 Å². The van der Waals surface area contributed by atoms with Crippen LogP contribution >= 0.6 is 24.0 Å². The molecule has 0 aromatic heterocycles. The predicted octanol–water partition coefficient (Wildman–Crippen LogP) is 2.56. The zero-order valence-corrected chi connectivity index (χ0v) is 19.9. The maximum Gasteiger partial charge on any atom is 0.251 e. The number of phenolic OH excluding ortho intramolecular Hbond substituents is 1. The largest absolute Gasteiger partial charge is 0.508 e. The average Bonchev–Trinajstić information content (AvgIpc) is 2.69. The average molecular weight is 517 g/mol. The number of benzene rings is 1. The van der Waals surface area contributed by atoms with Gasteiger partial charge in [0, 0.05) is 44.3 Å². The van der Waals surface area contributed by atoms with Gasteiger partial charge in [0.2, 0.25) is 0 Å². The Morgan fingerprint density at radius 3 is 2.66 bits per heavy atom. The number of carbonyl (C=O) groups is 1. The number of aromatic hydroxyl groups is 1. The van der Waals surface area contributed by atoms with E-state index in [-0.39, 0.29) is 35.6 Å². The maximum absolute atomic E-state index is 12.0. The molecule has 0 radical (unpaired) electrons. The molecule has 0 bridgehead atoms. The number of piperidine rings is 1. The molecular formula is C21H36IN5O2. The van der Waals surface area contributed by atoms with Crippen molar-refractivity contribution in [2.45, 2.75) is 45.6 Å². The van der Waals surface area contributed by atoms with Crippen molar-refractivity contribution in [1.82, 2.24) is 20.9 Å². The number of guanidine groups is 1. The van der Waals surface area contributed by atoms with Gasteiger partial charge in [-0.15, -0.1) is 24.0 Å². The fourth-order valence-corrected chi connectivity index (χ4v) is 3.35. The number of phenols is 1. The third-order valence-corrected chi connectivity index (χ3v) is 4.81. The third kappa shape index (κ3) is 9.66. The quantitative estimate of drug-likeness (QED) is 0.175. The van der Waals surface area contributed by atoms with Crippen molar-refractivity contribution in [2.24, 2.45) is 4.99 Å². The highest BCUT2D eigenvalue weighted by molar-refractivity contribution is 14.0. The molecule has 1 fully saturated rings. The fourth-order valence-electron chi connectivity index (χ4n) is 3.35. The molecule has 164 valence electrons. The Kier molecular flexibility index (Phi) is 12.7. The van der Waals surface area contributed by atoms with Crippen molar-refractivity contribution in [3.8, 4) is 5.75 Å². The molecule has 1 saturated heterocycles. The second kappa shape index (κ2) is 14.4. The van der Waals surface area contributed by atoms with Crippen LogP contribution in [0, 0.1) is 0 Å². The van der Waals surface area contributed by atoms with Gasteiger partial charge in [0.25, 0.3) is 5.91 Å². The number of likely N-dealkylation sites (tertiary alicyclic amines) is 1. The smallest absolute Gasteiger partial charge is 0.251 e. The Labute approximate surface area is 191 Å². The van der Waals surface area contributed by atoms with Crippen LogP contribution in [0.15, 0.2) is 29.3 Å². The maximum atomic E-state index is 12.0. The summed E-state index contributed by atoms with van der Waals surface area (Å²) in [6, 6.07) is 6.83. The first-order valence-corrected chi connectivity index (χ1v) is 10.5. The van der Waals surface area contributed by atoms with Crippen LogP contribution in [0.4, 0.5) is 0 Å². The van der Waals surface area contributed by atoms with Gasteiger partial charge in [-0.25, -0.2) is 0 Å². The minimum absolute atomic E-state index is 0. The van der Waals surface area contributed by atoms with Crippen molar-refractivity contribution in [3.05, 3.63) is 29.8 Å². The molecule has 1 amide bonds. The van der Waals surface area contributed by atoms with Crippen LogP contribution in [-0.2, 0) is 0 Å². The molecule has 1 aliphatic heterocycles. The summed E-state index contributed by atoms with van der Waals surface area (Å²) in [5, 5.41) is 19.2. The molecule has 0 saturated carbocycles. The van der Waals surface area contributed by atoms with Gasteiger partial charge in [-0.1, -0.05) is 13.0 Å². The summed E-state index contributed by atoms with van der Waals surface area (Å²) in [6.07, 6.45) is 4.26. The van der Waals surface area contributed by atoms with E-state index in [1.54, 1.807) is 18.2 Å². The highest BCUT2D eigenvalue weighted by Gasteiger charge is 2.19. The van der Waals surface area contributed by atoms with Crippen LogP contribution in [-0.4, -0.2) is 67.2 Å². The number of halogens is 1. The SMILES string of the molecule is CCCN1CCC(NC(=NCCCNC(=O)c2cccc(O)c2)NCC)CC1.I. The summed E-state index contributed by atoms with van der Waals surface area (Å²) in [7, 11) is 0. The van der Waals surface area contributed by atoms with Crippen molar-refractivity contribution in [2.75, 3.05) is 39.3 Å². The minimum atomic E-state index is -0.177. The molecule has 0 unspecified atom stereocenters. The lowest BCUT2D eigenvalue weighted by atomic mass is 10.1. The van der Waals surface area contributed by atoms with Gasteiger partial charge < -0.3 is 26.0 Å². The van der Waals surface area contributed by atoms with Crippen LogP contribution in [0.3, 0.4) is 0 Å². The predicted molar refractivity (Wildman–Crippen MR) is 129 cm³/mol. The minimum Gasteiger partial charge on any atom is -0.508 e. The van der Waals surface area contributed by atoms with Gasteiger partial charge in [-0.05, 0) is 57.4 Å². The van der Waals surface area contributed by atoms with Crippen molar-refractivity contribution >= 4 is 35.8 Å². The van der Waals surface area contributed by atoms with E-state index in [2.05, 4.69) is 39.7 Å². The molecule has 0 atom stereocenters. The molecule has 0 spiro atoms. The number of nitrogens with one attached hydrogen (secondary N) is 3. The molecule has 1 aromatic rings. The van der Waals surface area contributed by atoms with Crippen molar-refractivity contribution in [3.63, 3.8) is 0 Å². The van der Waals surface area contributed by atoms with Crippen LogP contribution in [0.2, 0.25) is 0 Å². The standard InChI is InChI=1S/C21H35N5O2.HI/c1-3-13-26-14-9-18(10-15-26)25-21(22-4-2)24-12-6-11-23-20(28)17-7-5-8-19(27)16-17;/h5,7-8,16,18,27H,3-4,6,9-15H2,1-2H3,(H,23,28)(H2,22,24,25);1H. The van der Waals surface area contributed by atoms with E-state index in [0.717, 1.165) is 44.9 Å². The van der Waals surface area contributed by atoms with Gasteiger partial charge in [-0.3, -0.25) is 9.79 Å². The van der Waals surface area contributed by atoms with E-state index >= 15 is 0 Å². The number of rotatable bonds is 9. The summed E-state index contributed by atoms with van der Waals surface area (Å²) >= 11 is 0. The number of carbonyl (C=O) groups excluding carboxylic acids is 1. The third-order valence-electron chi connectivity index (χ3n) is 4.81. The van der Waals surface area contributed by atoms with Crippen LogP contribution in [0.1, 0.15) is 49.9 Å². The second-order valence-corrected chi connectivity index (χ2v) is 7.18. The Morgan fingerprint density at radius 1 is 1.24 bits per heavy atom. The first kappa shape index (κ1) is 25.5. The molecule has 7 nitrogen and oxygen atoms in total. The topological polar surface area (TPSA) is 89.0 Å². The lowest BCUT2D eigenvalue weighted by Gasteiger charge is -2.32. The van der Waals surface area contributed by atoms with E-state index in [9.17, 15) is 9.90 Å². The van der Waals surface area contributed by atoms with E-state index in [4.69, 9.17) is 0 Å². The Bertz CT molecular complexity index is 633. The monoisotopic (exact) mass is 517 g/mol. The second-order valence-electron chi connectivity index (χ2n) is 7.18. The molecule has 2 rings (SSSR count). The summed E-state index contributed by atoms with van der Waals surface area (Å²) in [5.74, 6) is 0.777. The number of nitrogens with zero attached hydrogens (tertiary/aromatic N) is 2. The van der Waals surface area contributed by atoms with E-state index < -0.39 is 0 Å². The first-order chi connectivity index (χ1) is 13.6. The Morgan fingerprint density at radius 2 is 2.00 bits per heavy atom. The zero-order chi connectivity index (χ0) is 20.2. The highest BCUT2D eigenvalue weighted by atomic mass is 127. The molecular weight excluding hydrogens is 481 g/mol. The highest BCUT2D eigenvalue weighted by Crippen LogP contribution is 2.11. The van der Waals surface area contributed by atoms with Gasteiger partial charge >= 0.3 is 0 Å². The normalized spacial score (nSPS) is 15.4. The Balaban J connectivity index is 0.00000420. The lowest BCUT2D eigenvalue weighted by Crippen LogP contribution is -2.48. The van der Waals surface area contributed by atoms with Gasteiger partial charge in [-0.2, -0.15) is 0 Å². The molecule has 29 heavy (non-hydrogen) atoms. The molecule has 1 heterocycles. The van der Waals surface area contributed by atoms with Gasteiger partial charge in [0.15, 0.2) is 5.96 Å². The summed E-state index contributed by atoms with van der Waals surface area (Å²) in [6.45, 7) is 9.79. The molecule has 8 heteroatoms. The first-order valence-electron chi connectivity index (χ1n) is 10.5. The summed E-state index contributed by atoms with van der Waals surface area (Å²) in [4.78, 5) is 19.2. The Hall–Kier alpha value is -1.55. The summed E-state index contributed by atoms with van der Waals surface area (Å²) in [5.41, 5.74) is 0.466. The van der Waals surface area contributed by atoms with Crippen LogP contribution < -0.4 is 16.0 Å². The molecule has 1 aliphatic rings. The number of amides is 1. The van der Waals surface area contributed by atoms with Crippen LogP contribution in [0.5, 0.6) is 5.75 Å². The number of hydrogen-bond donors (Lipinski definition) is 4. The van der Waals surface area contributed by atoms with Crippen molar-refractivity contribution < 1.29 is 9.90 Å². The number of aliphatic imine (C=N–C) groups is 1. The zero-order valence-electron chi connectivity index (χ0n) is 17.6. The molecule has 1 aromatic carbocycles. The number of hydrogen-bond acceptors (Lipinski definition) is 4. The van der Waals surface area contributed by atoms with Gasteiger partial charge in [0.05, 0.1) is 0 Å². The molecule has 0 aliphatic carbocycles. The van der Waals surface area contributed by atoms with Crippen LogP contribution in [0.25, 0.3) is 0 Å². The van der Waals surface area contributed by atoms with E-state index in [1.807, 2.05) is 0 Å². The van der Waals surface area contributed by atoms with E-state index in [0.29, 0.717) is 24.7 Å².